The summed E-state index contributed by atoms with van der Waals surface area (Å²) in [6.45, 7) is 0.256. The second-order valence-corrected chi connectivity index (χ2v) is 5.59. The summed E-state index contributed by atoms with van der Waals surface area (Å²) in [6.07, 6.45) is 7.73. The van der Waals surface area contributed by atoms with Crippen LogP contribution in [-0.4, -0.2) is 25.1 Å². The molecule has 0 aliphatic heterocycles. The van der Waals surface area contributed by atoms with Crippen LogP contribution in [0.1, 0.15) is 37.7 Å². The van der Waals surface area contributed by atoms with Gasteiger partial charge >= 0.3 is 6.03 Å². The van der Waals surface area contributed by atoms with E-state index < -0.39 is 11.9 Å². The molecule has 0 fully saturated rings. The number of amides is 3. The number of rotatable bonds is 6. The van der Waals surface area contributed by atoms with Crippen LogP contribution in [-0.2, 0) is 4.79 Å². The summed E-state index contributed by atoms with van der Waals surface area (Å²) in [5, 5.41) is 13.6. The molecular weight excluding hydrogens is 306 g/mol. The summed E-state index contributed by atoms with van der Waals surface area (Å²) in [6, 6.07) is 7.88. The maximum Gasteiger partial charge on any atom is 0.321 e. The molecule has 1 aliphatic rings. The number of carbonyl (C=O) groups is 2. The molecule has 0 unspecified atom stereocenters. The van der Waals surface area contributed by atoms with Gasteiger partial charge in [-0.1, -0.05) is 11.6 Å². The predicted molar refractivity (Wildman–Crippen MR) is 89.4 cm³/mol. The van der Waals surface area contributed by atoms with Gasteiger partial charge in [0, 0.05) is 6.54 Å². The monoisotopic (exact) mass is 327 g/mol. The maximum atomic E-state index is 11.7. The number of ether oxygens (including phenoxy) is 1. The molecule has 6 nitrogen and oxygen atoms in total. The highest BCUT2D eigenvalue weighted by molar-refractivity contribution is 5.94. The third-order valence-corrected chi connectivity index (χ3v) is 3.72. The van der Waals surface area contributed by atoms with Gasteiger partial charge in [0.2, 0.25) is 0 Å². The van der Waals surface area contributed by atoms with Gasteiger partial charge in [0.25, 0.3) is 5.91 Å². The molecule has 3 amide bonds. The maximum absolute atomic E-state index is 11.7. The molecule has 1 aliphatic carbocycles. The minimum absolute atomic E-state index is 0.259. The van der Waals surface area contributed by atoms with Crippen LogP contribution in [0.2, 0.25) is 0 Å². The molecule has 0 saturated carbocycles. The molecule has 2 N–H and O–H groups in total. The largest absolute Gasteiger partial charge is 0.484 e. The quantitative estimate of drug-likeness (QED) is 0.786. The van der Waals surface area contributed by atoms with Gasteiger partial charge in [-0.25, -0.2) is 4.79 Å². The lowest BCUT2D eigenvalue weighted by Gasteiger charge is -2.13. The number of benzene rings is 1. The minimum Gasteiger partial charge on any atom is -0.484 e. The number of nitrogens with one attached hydrogen (secondary N) is 2. The van der Waals surface area contributed by atoms with Crippen LogP contribution in [0.5, 0.6) is 5.75 Å². The summed E-state index contributed by atoms with van der Waals surface area (Å²) in [5.41, 5.74) is 1.89. The zero-order chi connectivity index (χ0) is 17.2. The Morgan fingerprint density at radius 1 is 1.21 bits per heavy atom. The number of nitriles is 1. The number of nitrogens with zero attached hydrogens (tertiary/aromatic N) is 1. The Morgan fingerprint density at radius 2 is 2.00 bits per heavy atom. The molecule has 0 heterocycles. The number of hydrogen-bond donors (Lipinski definition) is 2. The van der Waals surface area contributed by atoms with Crippen LogP contribution >= 0.6 is 0 Å². The van der Waals surface area contributed by atoms with Crippen molar-refractivity contribution in [3.63, 3.8) is 0 Å². The third kappa shape index (κ3) is 6.13. The highest BCUT2D eigenvalue weighted by Gasteiger charge is 2.09. The van der Waals surface area contributed by atoms with Gasteiger partial charge in [-0.3, -0.25) is 10.1 Å². The second kappa shape index (κ2) is 9.36. The smallest absolute Gasteiger partial charge is 0.321 e. The molecule has 1 aromatic rings. The second-order valence-electron chi connectivity index (χ2n) is 5.59. The van der Waals surface area contributed by atoms with Crippen molar-refractivity contribution in [2.75, 3.05) is 13.2 Å². The first-order valence-electron chi connectivity index (χ1n) is 8.06. The Kier molecular flexibility index (Phi) is 6.84. The number of imide groups is 1. The van der Waals surface area contributed by atoms with Gasteiger partial charge in [-0.2, -0.15) is 5.26 Å². The van der Waals surface area contributed by atoms with E-state index in [1.807, 2.05) is 6.07 Å². The van der Waals surface area contributed by atoms with Crippen molar-refractivity contribution in [1.29, 1.82) is 5.26 Å². The van der Waals surface area contributed by atoms with E-state index in [-0.39, 0.29) is 6.61 Å². The van der Waals surface area contributed by atoms with Gasteiger partial charge < -0.3 is 10.1 Å². The summed E-state index contributed by atoms with van der Waals surface area (Å²) in [4.78, 5) is 23.3. The fourth-order valence-corrected chi connectivity index (χ4v) is 2.45. The summed E-state index contributed by atoms with van der Waals surface area (Å²) >= 11 is 0. The molecule has 0 atom stereocenters. The molecule has 0 radical (unpaired) electrons. The lowest BCUT2D eigenvalue weighted by Crippen LogP contribution is -2.42. The first kappa shape index (κ1) is 17.5. The third-order valence-electron chi connectivity index (χ3n) is 3.72. The van der Waals surface area contributed by atoms with E-state index in [1.54, 1.807) is 24.3 Å². The number of allylic oxidation sites excluding steroid dienone is 1. The van der Waals surface area contributed by atoms with Gasteiger partial charge in [0.05, 0.1) is 11.6 Å². The molecular formula is C18H21N3O3. The molecule has 0 saturated heterocycles. The fourth-order valence-electron chi connectivity index (χ4n) is 2.45. The normalized spacial score (nSPS) is 13.4. The Balaban J connectivity index is 1.63. The standard InChI is InChI=1S/C18H21N3O3/c19-12-15-6-8-16(9-7-15)24-13-17(22)21-18(23)20-11-10-14-4-2-1-3-5-14/h4,6-9H,1-3,5,10-11,13H2,(H2,20,21,22,23). The van der Waals surface area contributed by atoms with Crippen molar-refractivity contribution in [2.24, 2.45) is 0 Å². The van der Waals surface area contributed by atoms with Crippen molar-refractivity contribution in [3.05, 3.63) is 41.5 Å². The van der Waals surface area contributed by atoms with Crippen molar-refractivity contribution >= 4 is 11.9 Å². The van der Waals surface area contributed by atoms with Crippen LogP contribution in [0.3, 0.4) is 0 Å². The molecule has 0 bridgehead atoms. The number of urea groups is 1. The highest BCUT2D eigenvalue weighted by Crippen LogP contribution is 2.19. The molecule has 126 valence electrons. The molecule has 0 aromatic heterocycles. The Bertz CT molecular complexity index is 644. The fraction of sp³-hybridized carbons (Fsp3) is 0.389. The summed E-state index contributed by atoms with van der Waals surface area (Å²) < 4.78 is 5.26. The topological polar surface area (TPSA) is 91.2 Å². The lowest BCUT2D eigenvalue weighted by atomic mass is 9.97. The molecule has 6 heteroatoms. The van der Waals surface area contributed by atoms with E-state index >= 15 is 0 Å². The number of carbonyl (C=O) groups excluding carboxylic acids is 2. The van der Waals surface area contributed by atoms with E-state index in [2.05, 4.69) is 16.7 Å². The minimum atomic E-state index is -0.520. The van der Waals surface area contributed by atoms with E-state index in [0.29, 0.717) is 17.9 Å². The van der Waals surface area contributed by atoms with Crippen LogP contribution in [0.4, 0.5) is 4.79 Å². The molecule has 0 spiro atoms. The summed E-state index contributed by atoms with van der Waals surface area (Å²) in [7, 11) is 0. The zero-order valence-corrected chi connectivity index (χ0v) is 13.5. The SMILES string of the molecule is N#Cc1ccc(OCC(=O)NC(=O)NCCC2=CCCCC2)cc1. The van der Waals surface area contributed by atoms with Crippen molar-refractivity contribution in [1.82, 2.24) is 10.6 Å². The van der Waals surface area contributed by atoms with Crippen molar-refractivity contribution in [2.45, 2.75) is 32.1 Å². The van der Waals surface area contributed by atoms with Gasteiger partial charge in [0.1, 0.15) is 5.75 Å². The molecule has 24 heavy (non-hydrogen) atoms. The first-order chi connectivity index (χ1) is 11.7. The average Bonchev–Trinajstić information content (AvgIpc) is 2.61. The van der Waals surface area contributed by atoms with E-state index in [9.17, 15) is 9.59 Å². The van der Waals surface area contributed by atoms with Crippen molar-refractivity contribution < 1.29 is 14.3 Å². The Labute approximate surface area is 141 Å². The molecule has 1 aromatic carbocycles. The Hall–Kier alpha value is -2.81. The van der Waals surface area contributed by atoms with Crippen LogP contribution in [0.25, 0.3) is 0 Å². The number of hydrogen-bond acceptors (Lipinski definition) is 4. The van der Waals surface area contributed by atoms with E-state index in [0.717, 1.165) is 19.3 Å². The summed E-state index contributed by atoms with van der Waals surface area (Å²) in [5.74, 6) is -0.0532. The average molecular weight is 327 g/mol. The van der Waals surface area contributed by atoms with Crippen LogP contribution in [0, 0.1) is 11.3 Å². The van der Waals surface area contributed by atoms with Gasteiger partial charge in [-0.05, 0) is 56.4 Å². The van der Waals surface area contributed by atoms with Crippen molar-refractivity contribution in [3.8, 4) is 11.8 Å². The lowest BCUT2D eigenvalue weighted by molar-refractivity contribution is -0.122. The van der Waals surface area contributed by atoms with Crippen LogP contribution < -0.4 is 15.4 Å². The predicted octanol–water partition coefficient (Wildman–Crippen LogP) is 2.65. The molecule has 2 rings (SSSR count). The van der Waals surface area contributed by atoms with Crippen LogP contribution in [0.15, 0.2) is 35.9 Å². The first-order valence-corrected chi connectivity index (χ1v) is 8.06. The van der Waals surface area contributed by atoms with Gasteiger partial charge in [0.15, 0.2) is 6.61 Å². The van der Waals surface area contributed by atoms with E-state index in [1.165, 1.54) is 18.4 Å². The Morgan fingerprint density at radius 3 is 2.67 bits per heavy atom. The van der Waals surface area contributed by atoms with Gasteiger partial charge in [-0.15, -0.1) is 0 Å². The highest BCUT2D eigenvalue weighted by atomic mass is 16.5. The zero-order valence-electron chi connectivity index (χ0n) is 13.5. The van der Waals surface area contributed by atoms with E-state index in [4.69, 9.17) is 10.00 Å².